The van der Waals surface area contributed by atoms with Crippen LogP contribution in [0.3, 0.4) is 0 Å². The highest BCUT2D eigenvalue weighted by Crippen LogP contribution is 2.18. The van der Waals surface area contributed by atoms with Crippen molar-refractivity contribution in [2.75, 3.05) is 31.6 Å². The summed E-state index contributed by atoms with van der Waals surface area (Å²) >= 11 is 5.80. The zero-order chi connectivity index (χ0) is 14.5. The maximum Gasteiger partial charge on any atom is 0.242 e. The molecule has 0 radical (unpaired) electrons. The van der Waals surface area contributed by atoms with E-state index in [-0.39, 0.29) is 25.1 Å². The molecule has 1 amide bonds. The first kappa shape index (κ1) is 15.1. The number of carbonyl (C=O) groups is 1. The number of likely N-dealkylation sites (N-methyl/N-ethyl adjacent to an activating group) is 1. The van der Waals surface area contributed by atoms with Crippen LogP contribution in [0.15, 0.2) is 18.3 Å². The first-order valence-electron chi connectivity index (χ1n) is 6.85. The van der Waals surface area contributed by atoms with Gasteiger partial charge in [0.2, 0.25) is 5.91 Å². The van der Waals surface area contributed by atoms with Gasteiger partial charge < -0.3 is 14.9 Å². The van der Waals surface area contributed by atoms with Gasteiger partial charge in [-0.25, -0.2) is 4.98 Å². The lowest BCUT2D eigenvalue weighted by atomic mass is 10.0. The summed E-state index contributed by atoms with van der Waals surface area (Å²) in [6.45, 7) is 1.02. The van der Waals surface area contributed by atoms with E-state index >= 15 is 0 Å². The summed E-state index contributed by atoms with van der Waals surface area (Å²) in [6.07, 6.45) is 4.52. The van der Waals surface area contributed by atoms with Crippen LogP contribution in [0, 0.1) is 0 Å². The fraction of sp³-hybridized carbons (Fsp3) is 0.571. The van der Waals surface area contributed by atoms with Crippen LogP contribution in [0.1, 0.15) is 19.3 Å². The molecule has 0 bridgehead atoms. The van der Waals surface area contributed by atoms with Gasteiger partial charge in [0.1, 0.15) is 5.82 Å². The number of likely N-dealkylation sites (tertiary alicyclic amines) is 1. The minimum Gasteiger partial charge on any atom is -0.394 e. The van der Waals surface area contributed by atoms with Crippen LogP contribution < -0.4 is 4.90 Å². The van der Waals surface area contributed by atoms with Crippen molar-refractivity contribution in [2.24, 2.45) is 0 Å². The van der Waals surface area contributed by atoms with E-state index in [1.807, 2.05) is 7.05 Å². The molecular formula is C14H20ClN3O2. The third-order valence-corrected chi connectivity index (χ3v) is 3.86. The number of carbonyl (C=O) groups excluding carboxylic acids is 1. The van der Waals surface area contributed by atoms with Crippen LogP contribution in [0.5, 0.6) is 0 Å². The Morgan fingerprint density at radius 2 is 2.35 bits per heavy atom. The highest BCUT2D eigenvalue weighted by atomic mass is 35.5. The van der Waals surface area contributed by atoms with Gasteiger partial charge in [-0.1, -0.05) is 11.6 Å². The monoisotopic (exact) mass is 297 g/mol. The Morgan fingerprint density at radius 1 is 1.55 bits per heavy atom. The van der Waals surface area contributed by atoms with Gasteiger partial charge in [-0.3, -0.25) is 4.79 Å². The summed E-state index contributed by atoms with van der Waals surface area (Å²) in [6, 6.07) is 3.50. The highest BCUT2D eigenvalue weighted by Gasteiger charge is 2.26. The Hall–Kier alpha value is -1.33. The van der Waals surface area contributed by atoms with Gasteiger partial charge in [0.15, 0.2) is 0 Å². The number of hydrogen-bond donors (Lipinski definition) is 1. The molecule has 0 aliphatic carbocycles. The van der Waals surface area contributed by atoms with Gasteiger partial charge in [0.25, 0.3) is 0 Å². The van der Waals surface area contributed by atoms with Gasteiger partial charge >= 0.3 is 0 Å². The molecule has 6 heteroatoms. The minimum atomic E-state index is -0.0390. The fourth-order valence-electron chi connectivity index (χ4n) is 2.49. The molecule has 0 saturated carbocycles. The molecular weight excluding hydrogens is 278 g/mol. The molecule has 1 N–H and O–H groups in total. The summed E-state index contributed by atoms with van der Waals surface area (Å²) in [4.78, 5) is 20.1. The standard InChI is InChI=1S/C14H20ClN3O2/c1-17(13-6-5-11(15)8-16-13)9-14(20)18-7-3-2-4-12(18)10-19/h5-6,8,12,19H,2-4,7,9-10H2,1H3. The SMILES string of the molecule is CN(CC(=O)N1CCCCC1CO)c1ccc(Cl)cn1. The predicted octanol–water partition coefficient (Wildman–Crippen LogP) is 1.54. The molecule has 0 aromatic carbocycles. The second-order valence-electron chi connectivity index (χ2n) is 5.11. The Labute approximate surface area is 124 Å². The molecule has 5 nitrogen and oxygen atoms in total. The third-order valence-electron chi connectivity index (χ3n) is 3.63. The number of aromatic nitrogens is 1. The molecule has 2 rings (SSSR count). The van der Waals surface area contributed by atoms with E-state index in [2.05, 4.69) is 4.98 Å². The summed E-state index contributed by atoms with van der Waals surface area (Å²) < 4.78 is 0. The molecule has 1 unspecified atom stereocenters. The Kier molecular flexibility index (Phi) is 5.20. The van der Waals surface area contributed by atoms with Gasteiger partial charge in [0.05, 0.1) is 24.2 Å². The van der Waals surface area contributed by atoms with Crippen LogP contribution in [-0.2, 0) is 4.79 Å². The molecule has 1 aromatic rings. The lowest BCUT2D eigenvalue weighted by Gasteiger charge is -2.35. The number of nitrogens with zero attached hydrogens (tertiary/aromatic N) is 3. The summed E-state index contributed by atoms with van der Waals surface area (Å²) in [7, 11) is 1.83. The quantitative estimate of drug-likeness (QED) is 0.916. The Balaban J connectivity index is 1.97. The summed E-state index contributed by atoms with van der Waals surface area (Å²) in [5.41, 5.74) is 0. The zero-order valence-corrected chi connectivity index (χ0v) is 12.4. The zero-order valence-electron chi connectivity index (χ0n) is 11.6. The average Bonchev–Trinajstić information content (AvgIpc) is 2.47. The molecule has 20 heavy (non-hydrogen) atoms. The number of halogens is 1. The molecule has 1 saturated heterocycles. The normalized spacial score (nSPS) is 18.9. The summed E-state index contributed by atoms with van der Waals surface area (Å²) in [5, 5.41) is 9.93. The maximum atomic E-state index is 12.3. The molecule has 1 aliphatic rings. The van der Waals surface area contributed by atoms with Crippen LogP contribution in [0.25, 0.3) is 0 Å². The van der Waals surface area contributed by atoms with Crippen LogP contribution in [0.4, 0.5) is 5.82 Å². The van der Waals surface area contributed by atoms with Crippen molar-refractivity contribution >= 4 is 23.3 Å². The second-order valence-corrected chi connectivity index (χ2v) is 5.55. The van der Waals surface area contributed by atoms with E-state index in [0.29, 0.717) is 10.8 Å². The van der Waals surface area contributed by atoms with Crippen LogP contribution >= 0.6 is 11.6 Å². The lowest BCUT2D eigenvalue weighted by Crippen LogP contribution is -2.49. The van der Waals surface area contributed by atoms with E-state index in [1.165, 1.54) is 0 Å². The fourth-order valence-corrected chi connectivity index (χ4v) is 2.60. The Morgan fingerprint density at radius 3 is 3.00 bits per heavy atom. The number of aliphatic hydroxyl groups is 1. The molecule has 2 heterocycles. The highest BCUT2D eigenvalue weighted by molar-refractivity contribution is 6.30. The third kappa shape index (κ3) is 3.61. The molecule has 0 spiro atoms. The average molecular weight is 298 g/mol. The number of amides is 1. The summed E-state index contributed by atoms with van der Waals surface area (Å²) in [5.74, 6) is 0.739. The van der Waals surface area contributed by atoms with Crippen molar-refractivity contribution in [3.63, 3.8) is 0 Å². The topological polar surface area (TPSA) is 56.7 Å². The van der Waals surface area contributed by atoms with Gasteiger partial charge in [-0.2, -0.15) is 0 Å². The van der Waals surface area contributed by atoms with E-state index < -0.39 is 0 Å². The van der Waals surface area contributed by atoms with Crippen molar-refractivity contribution in [1.82, 2.24) is 9.88 Å². The van der Waals surface area contributed by atoms with E-state index in [4.69, 9.17) is 11.6 Å². The van der Waals surface area contributed by atoms with Gasteiger partial charge in [-0.05, 0) is 31.4 Å². The van der Waals surface area contributed by atoms with E-state index in [0.717, 1.165) is 25.8 Å². The first-order chi connectivity index (χ1) is 9.61. The van der Waals surface area contributed by atoms with Gasteiger partial charge in [-0.15, -0.1) is 0 Å². The number of anilines is 1. The van der Waals surface area contributed by atoms with Crippen LogP contribution in [-0.4, -0.2) is 53.7 Å². The number of aliphatic hydroxyl groups excluding tert-OH is 1. The molecule has 1 atom stereocenters. The molecule has 1 aliphatic heterocycles. The number of rotatable bonds is 4. The van der Waals surface area contributed by atoms with Crippen molar-refractivity contribution in [3.8, 4) is 0 Å². The molecule has 1 aromatic heterocycles. The van der Waals surface area contributed by atoms with Gasteiger partial charge in [0, 0.05) is 19.8 Å². The maximum absolute atomic E-state index is 12.3. The molecule has 1 fully saturated rings. The van der Waals surface area contributed by atoms with Crippen molar-refractivity contribution in [1.29, 1.82) is 0 Å². The first-order valence-corrected chi connectivity index (χ1v) is 7.22. The predicted molar refractivity (Wildman–Crippen MR) is 79.0 cm³/mol. The van der Waals surface area contributed by atoms with E-state index in [9.17, 15) is 9.90 Å². The number of piperidine rings is 1. The largest absolute Gasteiger partial charge is 0.394 e. The van der Waals surface area contributed by atoms with Crippen molar-refractivity contribution in [3.05, 3.63) is 23.4 Å². The number of hydrogen-bond acceptors (Lipinski definition) is 4. The van der Waals surface area contributed by atoms with E-state index in [1.54, 1.807) is 28.1 Å². The lowest BCUT2D eigenvalue weighted by molar-refractivity contribution is -0.134. The van der Waals surface area contributed by atoms with Crippen LogP contribution in [0.2, 0.25) is 5.02 Å². The smallest absolute Gasteiger partial charge is 0.242 e. The second kappa shape index (κ2) is 6.90. The number of pyridine rings is 1. The van der Waals surface area contributed by atoms with Crippen molar-refractivity contribution < 1.29 is 9.90 Å². The Bertz CT molecular complexity index is 452. The van der Waals surface area contributed by atoms with Crippen molar-refractivity contribution in [2.45, 2.75) is 25.3 Å². The minimum absolute atomic E-state index is 0.0306. The molecule has 110 valence electrons.